The Labute approximate surface area is 110 Å². The molecule has 2 nitrogen and oxygen atoms in total. The molecular weight excluding hydrogens is 222 g/mol. The van der Waals surface area contributed by atoms with E-state index in [-0.39, 0.29) is 5.60 Å². The van der Waals surface area contributed by atoms with E-state index in [4.69, 9.17) is 4.74 Å². The smallest absolute Gasteiger partial charge is 0.101 e. The lowest BCUT2D eigenvalue weighted by atomic mass is 9.62. The molecule has 1 saturated heterocycles. The van der Waals surface area contributed by atoms with E-state index < -0.39 is 0 Å². The zero-order valence-electron chi connectivity index (χ0n) is 11.4. The number of piperidine rings is 1. The Hall–Kier alpha value is -0.860. The summed E-state index contributed by atoms with van der Waals surface area (Å²) in [7, 11) is 4.15. The highest BCUT2D eigenvalue weighted by atomic mass is 16.5. The molecule has 1 aromatic rings. The molecular formula is C16H23NO. The van der Waals surface area contributed by atoms with Crippen molar-refractivity contribution in [3.8, 4) is 0 Å². The van der Waals surface area contributed by atoms with Gasteiger partial charge in [0.25, 0.3) is 0 Å². The molecule has 0 radical (unpaired) electrons. The van der Waals surface area contributed by atoms with E-state index in [0.29, 0.717) is 11.8 Å². The van der Waals surface area contributed by atoms with Crippen LogP contribution in [-0.2, 0) is 10.3 Å². The Bertz CT molecular complexity index is 389. The summed E-state index contributed by atoms with van der Waals surface area (Å²) < 4.78 is 6.15. The number of hydrogen-bond donors (Lipinski definition) is 0. The molecule has 1 aliphatic carbocycles. The van der Waals surface area contributed by atoms with Gasteiger partial charge in [-0.3, -0.25) is 0 Å². The van der Waals surface area contributed by atoms with Gasteiger partial charge in [-0.2, -0.15) is 0 Å². The van der Waals surface area contributed by atoms with Crippen LogP contribution in [0.4, 0.5) is 0 Å². The van der Waals surface area contributed by atoms with Gasteiger partial charge in [-0.1, -0.05) is 36.8 Å². The van der Waals surface area contributed by atoms with Crippen LogP contribution in [-0.4, -0.2) is 32.1 Å². The number of nitrogens with zero attached hydrogens (tertiary/aromatic N) is 1. The average molecular weight is 245 g/mol. The average Bonchev–Trinajstić information content (AvgIpc) is 2.39. The van der Waals surface area contributed by atoms with Gasteiger partial charge in [0.1, 0.15) is 5.60 Å². The summed E-state index contributed by atoms with van der Waals surface area (Å²) in [6, 6.07) is 10.9. The van der Waals surface area contributed by atoms with Crippen molar-refractivity contribution in [3.05, 3.63) is 35.9 Å². The van der Waals surface area contributed by atoms with E-state index in [1.165, 1.54) is 37.9 Å². The highest BCUT2D eigenvalue weighted by Crippen LogP contribution is 2.51. The van der Waals surface area contributed by atoms with Crippen LogP contribution in [0, 0.1) is 11.8 Å². The molecule has 2 bridgehead atoms. The van der Waals surface area contributed by atoms with Crippen LogP contribution in [0.2, 0.25) is 0 Å². The molecule has 0 unspecified atom stereocenters. The van der Waals surface area contributed by atoms with Crippen molar-refractivity contribution in [3.63, 3.8) is 0 Å². The molecule has 1 aliphatic heterocycles. The maximum Gasteiger partial charge on any atom is 0.101 e. The largest absolute Gasteiger partial charge is 0.373 e. The van der Waals surface area contributed by atoms with E-state index >= 15 is 0 Å². The van der Waals surface area contributed by atoms with E-state index in [0.717, 1.165) is 0 Å². The molecule has 0 amide bonds. The fourth-order valence-corrected chi connectivity index (χ4v) is 4.27. The van der Waals surface area contributed by atoms with Crippen molar-refractivity contribution >= 4 is 0 Å². The molecule has 0 spiro atoms. The van der Waals surface area contributed by atoms with Gasteiger partial charge >= 0.3 is 0 Å². The highest BCUT2D eigenvalue weighted by molar-refractivity contribution is 5.27. The lowest BCUT2D eigenvalue weighted by molar-refractivity contribution is -0.165. The maximum atomic E-state index is 6.15. The second-order valence-corrected chi connectivity index (χ2v) is 5.91. The predicted molar refractivity (Wildman–Crippen MR) is 73.5 cm³/mol. The fourth-order valence-electron chi connectivity index (χ4n) is 4.27. The monoisotopic (exact) mass is 245 g/mol. The Balaban J connectivity index is 2.05. The molecule has 98 valence electrons. The normalized spacial score (nSPS) is 36.6. The molecule has 2 atom stereocenters. The Kier molecular flexibility index (Phi) is 3.16. The molecule has 2 fully saturated rings. The summed E-state index contributed by atoms with van der Waals surface area (Å²) in [6.45, 7) is 2.33. The second-order valence-electron chi connectivity index (χ2n) is 5.91. The Morgan fingerprint density at radius 3 is 2.28 bits per heavy atom. The van der Waals surface area contributed by atoms with Crippen molar-refractivity contribution in [2.45, 2.75) is 24.9 Å². The molecule has 18 heavy (non-hydrogen) atoms. The van der Waals surface area contributed by atoms with Gasteiger partial charge in [-0.05, 0) is 25.5 Å². The summed E-state index contributed by atoms with van der Waals surface area (Å²) in [6.07, 6.45) is 3.95. The third kappa shape index (κ3) is 1.70. The molecule has 1 aromatic carbocycles. The van der Waals surface area contributed by atoms with Gasteiger partial charge in [-0.15, -0.1) is 0 Å². The number of hydrogen-bond acceptors (Lipinski definition) is 2. The van der Waals surface area contributed by atoms with Crippen LogP contribution in [0.1, 0.15) is 24.8 Å². The number of benzene rings is 1. The van der Waals surface area contributed by atoms with Crippen LogP contribution in [0.25, 0.3) is 0 Å². The third-order valence-electron chi connectivity index (χ3n) is 4.95. The van der Waals surface area contributed by atoms with Crippen LogP contribution >= 0.6 is 0 Å². The lowest BCUT2D eigenvalue weighted by Gasteiger charge is -2.54. The van der Waals surface area contributed by atoms with Crippen molar-refractivity contribution in [2.75, 3.05) is 27.2 Å². The molecule has 2 aliphatic rings. The van der Waals surface area contributed by atoms with E-state index in [2.05, 4.69) is 42.3 Å². The van der Waals surface area contributed by atoms with Crippen molar-refractivity contribution < 1.29 is 4.74 Å². The number of methoxy groups -OCH3 is 1. The van der Waals surface area contributed by atoms with Gasteiger partial charge in [0.05, 0.1) is 0 Å². The van der Waals surface area contributed by atoms with E-state index in [1.807, 2.05) is 7.11 Å². The highest BCUT2D eigenvalue weighted by Gasteiger charge is 2.52. The molecule has 2 heteroatoms. The van der Waals surface area contributed by atoms with Crippen LogP contribution in [0.15, 0.2) is 30.3 Å². The van der Waals surface area contributed by atoms with Crippen molar-refractivity contribution in [1.82, 2.24) is 4.90 Å². The molecule has 1 saturated carbocycles. The van der Waals surface area contributed by atoms with Crippen molar-refractivity contribution in [1.29, 1.82) is 0 Å². The fraction of sp³-hybridized carbons (Fsp3) is 0.625. The minimum absolute atomic E-state index is 0.0357. The first-order valence-corrected chi connectivity index (χ1v) is 7.06. The topological polar surface area (TPSA) is 12.5 Å². The Morgan fingerprint density at radius 1 is 1.11 bits per heavy atom. The number of likely N-dealkylation sites (tertiary alicyclic amines) is 1. The number of ether oxygens (including phenoxy) is 1. The van der Waals surface area contributed by atoms with Crippen LogP contribution in [0.5, 0.6) is 0 Å². The van der Waals surface area contributed by atoms with Crippen LogP contribution in [0.3, 0.4) is 0 Å². The van der Waals surface area contributed by atoms with Gasteiger partial charge in [-0.25, -0.2) is 0 Å². The first kappa shape index (κ1) is 12.2. The summed E-state index contributed by atoms with van der Waals surface area (Å²) in [5, 5.41) is 0. The number of rotatable bonds is 2. The lowest BCUT2D eigenvalue weighted by Crippen LogP contribution is -2.58. The molecule has 1 heterocycles. The molecule has 3 rings (SSSR count). The standard InChI is InChI=1S/C16H23NO/c1-17-11-14-9-6-10-15(12-17)16(14,18-2)13-7-4-3-5-8-13/h3-5,7-8,14-15H,6,9-12H2,1-2H3/t14-,15-/m0/s1. The van der Waals surface area contributed by atoms with Gasteiger partial charge in [0, 0.05) is 32.0 Å². The van der Waals surface area contributed by atoms with Crippen molar-refractivity contribution in [2.24, 2.45) is 11.8 Å². The minimum atomic E-state index is -0.0357. The van der Waals surface area contributed by atoms with Gasteiger partial charge in [0.2, 0.25) is 0 Å². The summed E-state index contributed by atoms with van der Waals surface area (Å²) >= 11 is 0. The minimum Gasteiger partial charge on any atom is -0.373 e. The molecule has 0 N–H and O–H groups in total. The quantitative estimate of drug-likeness (QED) is 0.794. The third-order valence-corrected chi connectivity index (χ3v) is 4.95. The second kappa shape index (κ2) is 4.67. The van der Waals surface area contributed by atoms with Crippen LogP contribution < -0.4 is 0 Å². The maximum absolute atomic E-state index is 6.15. The summed E-state index contributed by atoms with van der Waals surface area (Å²) in [5.74, 6) is 1.28. The van der Waals surface area contributed by atoms with Gasteiger partial charge in [0.15, 0.2) is 0 Å². The summed E-state index contributed by atoms with van der Waals surface area (Å²) in [5.41, 5.74) is 1.35. The zero-order chi connectivity index (χ0) is 12.6. The number of fused-ring (bicyclic) bond motifs is 2. The van der Waals surface area contributed by atoms with E-state index in [9.17, 15) is 0 Å². The van der Waals surface area contributed by atoms with Gasteiger partial charge < -0.3 is 9.64 Å². The first-order valence-electron chi connectivity index (χ1n) is 7.06. The zero-order valence-corrected chi connectivity index (χ0v) is 11.4. The van der Waals surface area contributed by atoms with E-state index in [1.54, 1.807) is 0 Å². The SMILES string of the molecule is COC1(c2ccccc2)[C@H]2CCC[C@H]1CN(C)C2. The Morgan fingerprint density at radius 2 is 1.72 bits per heavy atom. The first-order chi connectivity index (χ1) is 8.77. The predicted octanol–water partition coefficient (Wildman–Crippen LogP) is 2.89. The molecule has 0 aromatic heterocycles. The summed E-state index contributed by atoms with van der Waals surface area (Å²) in [4.78, 5) is 2.48.